The number of Topliss-reactive ketones (excluding diaryl/α,β-unsaturated/α-hetero) is 3. The minimum Gasteiger partial charge on any atom is -0.848 e. The maximum absolute atomic E-state index is 12.8. The first kappa shape index (κ1) is 20.7. The Morgan fingerprint density at radius 1 is 0.818 bits per heavy atom. The SMILES string of the molecule is O=C1C(=C/C=C(/C=C/C2C(=O)c3ccccc3C2[O-])c2ccncc2)C(=O)c2ccccc21. The van der Waals surface area contributed by atoms with E-state index in [9.17, 15) is 19.5 Å². The van der Waals surface area contributed by atoms with Crippen LogP contribution >= 0.6 is 0 Å². The summed E-state index contributed by atoms with van der Waals surface area (Å²) in [5.41, 5.74) is 3.27. The molecule has 5 nitrogen and oxygen atoms in total. The molecule has 0 radical (unpaired) electrons. The minimum atomic E-state index is -1.17. The lowest BCUT2D eigenvalue weighted by Gasteiger charge is -2.21. The molecule has 0 saturated heterocycles. The summed E-state index contributed by atoms with van der Waals surface area (Å²) in [7, 11) is 0. The van der Waals surface area contributed by atoms with Crippen LogP contribution in [0, 0.1) is 5.92 Å². The Balaban J connectivity index is 1.50. The molecule has 0 spiro atoms. The van der Waals surface area contributed by atoms with E-state index in [1.165, 1.54) is 6.08 Å². The van der Waals surface area contributed by atoms with Gasteiger partial charge in [0.15, 0.2) is 17.3 Å². The molecule has 33 heavy (non-hydrogen) atoms. The summed E-state index contributed by atoms with van der Waals surface area (Å²) in [6.45, 7) is 0. The maximum Gasteiger partial charge on any atom is 0.197 e. The third-order valence-electron chi connectivity index (χ3n) is 5.99. The number of fused-ring (bicyclic) bond motifs is 2. The highest BCUT2D eigenvalue weighted by Crippen LogP contribution is 2.35. The van der Waals surface area contributed by atoms with Crippen LogP contribution in [0.1, 0.15) is 48.3 Å². The first-order valence-corrected chi connectivity index (χ1v) is 10.5. The quantitative estimate of drug-likeness (QED) is 0.354. The van der Waals surface area contributed by atoms with E-state index in [1.54, 1.807) is 91.3 Å². The Labute approximate surface area is 190 Å². The Kier molecular flexibility index (Phi) is 5.24. The number of hydrogen-bond donors (Lipinski definition) is 0. The normalized spacial score (nSPS) is 19.8. The van der Waals surface area contributed by atoms with Crippen molar-refractivity contribution in [1.82, 2.24) is 4.98 Å². The zero-order valence-electron chi connectivity index (χ0n) is 17.5. The second-order valence-electron chi connectivity index (χ2n) is 7.90. The summed E-state index contributed by atoms with van der Waals surface area (Å²) in [5.74, 6) is -1.65. The predicted molar refractivity (Wildman–Crippen MR) is 122 cm³/mol. The largest absolute Gasteiger partial charge is 0.848 e. The summed E-state index contributed by atoms with van der Waals surface area (Å²) in [4.78, 5) is 42.2. The molecule has 0 saturated carbocycles. The molecule has 160 valence electrons. The Morgan fingerprint density at radius 2 is 1.42 bits per heavy atom. The van der Waals surface area contributed by atoms with Crippen molar-refractivity contribution in [1.29, 1.82) is 0 Å². The van der Waals surface area contributed by atoms with Crippen LogP contribution in [0.3, 0.4) is 0 Å². The molecule has 5 heteroatoms. The van der Waals surface area contributed by atoms with Gasteiger partial charge in [-0.3, -0.25) is 19.4 Å². The Morgan fingerprint density at radius 3 is 2.06 bits per heavy atom. The Bertz CT molecular complexity index is 1340. The molecule has 2 atom stereocenters. The van der Waals surface area contributed by atoms with Gasteiger partial charge in [0.2, 0.25) is 0 Å². The van der Waals surface area contributed by atoms with Gasteiger partial charge in [0.05, 0.1) is 5.57 Å². The van der Waals surface area contributed by atoms with Crippen molar-refractivity contribution in [3.63, 3.8) is 0 Å². The summed E-state index contributed by atoms with van der Waals surface area (Å²) < 4.78 is 0. The number of carbonyl (C=O) groups is 3. The molecule has 0 N–H and O–H groups in total. The molecule has 0 fully saturated rings. The van der Waals surface area contributed by atoms with E-state index in [0.717, 1.165) is 5.56 Å². The van der Waals surface area contributed by atoms with Crippen LogP contribution in [0.2, 0.25) is 0 Å². The van der Waals surface area contributed by atoms with Crippen LogP contribution in [-0.2, 0) is 0 Å². The third kappa shape index (κ3) is 3.58. The maximum atomic E-state index is 12.8. The third-order valence-corrected chi connectivity index (χ3v) is 5.99. The number of pyridine rings is 1. The van der Waals surface area contributed by atoms with Gasteiger partial charge in [0.1, 0.15) is 0 Å². The summed E-state index contributed by atoms with van der Waals surface area (Å²) in [6, 6.07) is 17.2. The number of allylic oxidation sites excluding steroid dienone is 5. The van der Waals surface area contributed by atoms with Crippen LogP contribution in [-0.4, -0.2) is 22.3 Å². The number of carbonyl (C=O) groups excluding carboxylic acids is 3. The second kappa shape index (κ2) is 8.37. The molecule has 0 amide bonds. The molecule has 2 aromatic carbocycles. The number of hydrogen-bond acceptors (Lipinski definition) is 5. The number of aromatic nitrogens is 1. The lowest BCUT2D eigenvalue weighted by molar-refractivity contribution is -0.430. The fourth-order valence-electron chi connectivity index (χ4n) is 4.26. The monoisotopic (exact) mass is 432 g/mol. The number of benzene rings is 2. The summed E-state index contributed by atoms with van der Waals surface area (Å²) >= 11 is 0. The van der Waals surface area contributed by atoms with Gasteiger partial charge < -0.3 is 5.11 Å². The lowest BCUT2D eigenvalue weighted by Crippen LogP contribution is -2.22. The molecule has 1 aromatic heterocycles. The fourth-order valence-corrected chi connectivity index (χ4v) is 4.26. The molecular formula is C28H18NO4-. The van der Waals surface area contributed by atoms with Crippen molar-refractivity contribution in [2.45, 2.75) is 6.10 Å². The minimum absolute atomic E-state index is 0.0854. The van der Waals surface area contributed by atoms with Crippen molar-refractivity contribution in [2.24, 2.45) is 5.92 Å². The lowest BCUT2D eigenvalue weighted by atomic mass is 9.98. The highest BCUT2D eigenvalue weighted by Gasteiger charge is 2.32. The average molecular weight is 432 g/mol. The van der Waals surface area contributed by atoms with E-state index in [2.05, 4.69) is 4.98 Å². The topological polar surface area (TPSA) is 87.2 Å². The number of rotatable bonds is 4. The van der Waals surface area contributed by atoms with Crippen molar-refractivity contribution in [2.75, 3.05) is 0 Å². The second-order valence-corrected chi connectivity index (χ2v) is 7.90. The molecule has 2 aliphatic rings. The smallest absolute Gasteiger partial charge is 0.197 e. The summed E-state index contributed by atoms with van der Waals surface area (Å²) in [6.07, 6.45) is 8.55. The average Bonchev–Trinajstić information content (AvgIpc) is 3.25. The van der Waals surface area contributed by atoms with Gasteiger partial charge in [0.25, 0.3) is 0 Å². The van der Waals surface area contributed by atoms with Crippen molar-refractivity contribution >= 4 is 22.9 Å². The van der Waals surface area contributed by atoms with Crippen LogP contribution in [0.5, 0.6) is 0 Å². The van der Waals surface area contributed by atoms with Gasteiger partial charge in [-0.1, -0.05) is 72.9 Å². The first-order chi connectivity index (χ1) is 16.1. The highest BCUT2D eigenvalue weighted by molar-refractivity contribution is 6.39. The van der Waals surface area contributed by atoms with E-state index in [0.29, 0.717) is 27.8 Å². The molecular weight excluding hydrogens is 414 g/mol. The standard InChI is InChI=1S/C28H18NO4/c30-25-19-5-1-2-6-20(19)26(31)23(25)11-9-17(18-13-15-29-16-14-18)10-12-24-27(32)21-7-3-4-8-22(21)28(24)33/h1-16,23,25H/q-1/b11-9+,17-10-. The first-order valence-electron chi connectivity index (χ1n) is 10.5. The number of ketones is 3. The summed E-state index contributed by atoms with van der Waals surface area (Å²) in [5, 5.41) is 12.8. The fraction of sp³-hybridized carbons (Fsp3) is 0.0714. The van der Waals surface area contributed by atoms with Gasteiger partial charge in [-0.25, -0.2) is 0 Å². The van der Waals surface area contributed by atoms with E-state index in [1.807, 2.05) is 0 Å². The van der Waals surface area contributed by atoms with Gasteiger partial charge in [0, 0.05) is 35.0 Å². The molecule has 1 heterocycles. The van der Waals surface area contributed by atoms with Gasteiger partial charge in [-0.15, -0.1) is 0 Å². The van der Waals surface area contributed by atoms with Crippen LogP contribution in [0.25, 0.3) is 5.57 Å². The van der Waals surface area contributed by atoms with Crippen LogP contribution in [0.4, 0.5) is 0 Å². The van der Waals surface area contributed by atoms with Gasteiger partial charge >= 0.3 is 0 Å². The number of nitrogens with zero attached hydrogens (tertiary/aromatic N) is 1. The van der Waals surface area contributed by atoms with E-state index < -0.39 is 12.0 Å². The van der Waals surface area contributed by atoms with Gasteiger partial charge in [-0.05, 0) is 34.9 Å². The van der Waals surface area contributed by atoms with E-state index >= 15 is 0 Å². The Hall–Kier alpha value is -4.22. The highest BCUT2D eigenvalue weighted by atomic mass is 16.3. The predicted octanol–water partition coefficient (Wildman–Crippen LogP) is 3.94. The van der Waals surface area contributed by atoms with Crippen molar-refractivity contribution in [3.8, 4) is 0 Å². The molecule has 0 aliphatic heterocycles. The van der Waals surface area contributed by atoms with Crippen molar-refractivity contribution in [3.05, 3.63) is 131 Å². The van der Waals surface area contributed by atoms with E-state index in [-0.39, 0.29) is 22.9 Å². The van der Waals surface area contributed by atoms with Gasteiger partial charge in [-0.2, -0.15) is 0 Å². The van der Waals surface area contributed by atoms with Crippen LogP contribution < -0.4 is 5.11 Å². The van der Waals surface area contributed by atoms with E-state index in [4.69, 9.17) is 0 Å². The van der Waals surface area contributed by atoms with Crippen molar-refractivity contribution < 1.29 is 19.5 Å². The molecule has 5 rings (SSSR count). The molecule has 3 aromatic rings. The molecule has 0 bridgehead atoms. The zero-order valence-corrected chi connectivity index (χ0v) is 17.5. The molecule has 2 unspecified atom stereocenters. The zero-order chi connectivity index (χ0) is 22.9. The van der Waals surface area contributed by atoms with Crippen LogP contribution in [0.15, 0.2) is 103 Å². The molecule has 2 aliphatic carbocycles.